The Hall–Kier alpha value is -2.01. The fourth-order valence-corrected chi connectivity index (χ4v) is 3.71. The zero-order chi connectivity index (χ0) is 17.5. The lowest BCUT2D eigenvalue weighted by Gasteiger charge is -2.19. The summed E-state index contributed by atoms with van der Waals surface area (Å²) in [4.78, 5) is 5.48. The molecule has 0 radical (unpaired) electrons. The molecule has 0 saturated carbocycles. The van der Waals surface area contributed by atoms with E-state index in [0.717, 1.165) is 33.1 Å². The van der Waals surface area contributed by atoms with Gasteiger partial charge in [-0.3, -0.25) is 4.40 Å². The lowest BCUT2D eigenvalue weighted by molar-refractivity contribution is 0.404. The van der Waals surface area contributed by atoms with Crippen LogP contribution in [0.2, 0.25) is 0 Å². The zero-order valence-electron chi connectivity index (χ0n) is 14.6. The topological polar surface area (TPSA) is 26.5 Å². The predicted octanol–water partition coefficient (Wildman–Crippen LogP) is 5.35. The van der Waals surface area contributed by atoms with Gasteiger partial charge in [-0.05, 0) is 30.7 Å². The summed E-state index contributed by atoms with van der Waals surface area (Å²) >= 11 is 1.73. The molecule has 2 aromatic heterocycles. The molecule has 3 aromatic rings. The molecular formula is C19H21FN2OS. The van der Waals surface area contributed by atoms with Crippen molar-refractivity contribution in [3.63, 3.8) is 0 Å². The van der Waals surface area contributed by atoms with Crippen LogP contribution in [0.4, 0.5) is 4.39 Å². The van der Waals surface area contributed by atoms with Crippen molar-refractivity contribution in [1.82, 2.24) is 9.38 Å². The van der Waals surface area contributed by atoms with E-state index in [-0.39, 0.29) is 10.6 Å². The van der Waals surface area contributed by atoms with Gasteiger partial charge in [-0.15, -0.1) is 11.8 Å². The number of rotatable bonds is 3. The summed E-state index contributed by atoms with van der Waals surface area (Å²) in [6, 6.07) is 6.95. The van der Waals surface area contributed by atoms with Crippen molar-refractivity contribution in [1.29, 1.82) is 0 Å². The molecule has 0 atom stereocenters. The van der Waals surface area contributed by atoms with E-state index in [0.29, 0.717) is 0 Å². The maximum Gasteiger partial charge on any atom is 0.140 e. The molecule has 0 N–H and O–H groups in total. The van der Waals surface area contributed by atoms with Crippen LogP contribution in [0.1, 0.15) is 26.3 Å². The third kappa shape index (κ3) is 3.41. The van der Waals surface area contributed by atoms with E-state index in [2.05, 4.69) is 25.8 Å². The Labute approximate surface area is 145 Å². The molecule has 0 aliphatic heterocycles. The highest BCUT2D eigenvalue weighted by atomic mass is 32.2. The van der Waals surface area contributed by atoms with E-state index in [1.807, 2.05) is 29.7 Å². The largest absolute Gasteiger partial charge is 0.495 e. The first-order valence-electron chi connectivity index (χ1n) is 7.78. The summed E-state index contributed by atoms with van der Waals surface area (Å²) in [6.45, 7) is 8.36. The number of methoxy groups -OCH3 is 1. The van der Waals surface area contributed by atoms with Crippen molar-refractivity contribution >= 4 is 17.4 Å². The van der Waals surface area contributed by atoms with E-state index in [1.165, 1.54) is 12.1 Å². The molecule has 3 nitrogen and oxygen atoms in total. The standard InChI is InChI=1S/C19H21FN2OS/c1-12-6-13(8-14(20)7-12)15-10-21-18-9-16(23-5)17(11-22(15)18)24-19(2,3)4/h6-11H,1-5H3. The molecule has 0 bridgehead atoms. The van der Waals surface area contributed by atoms with Crippen molar-refractivity contribution in [2.24, 2.45) is 0 Å². The minimum atomic E-state index is -0.238. The van der Waals surface area contributed by atoms with Crippen LogP contribution in [-0.2, 0) is 0 Å². The van der Waals surface area contributed by atoms with Crippen molar-refractivity contribution in [3.8, 4) is 17.0 Å². The molecule has 0 unspecified atom stereocenters. The maximum absolute atomic E-state index is 13.8. The number of pyridine rings is 1. The van der Waals surface area contributed by atoms with Gasteiger partial charge >= 0.3 is 0 Å². The number of thioether (sulfide) groups is 1. The molecule has 0 amide bonds. The van der Waals surface area contributed by atoms with Crippen LogP contribution in [0.3, 0.4) is 0 Å². The molecule has 0 aliphatic carbocycles. The average Bonchev–Trinajstić information content (AvgIpc) is 2.86. The first kappa shape index (κ1) is 16.8. The third-order valence-corrected chi connectivity index (χ3v) is 4.69. The quantitative estimate of drug-likeness (QED) is 0.599. The second-order valence-corrected chi connectivity index (χ2v) is 8.68. The number of aromatic nitrogens is 2. The van der Waals surface area contributed by atoms with Crippen LogP contribution in [-0.4, -0.2) is 21.2 Å². The van der Waals surface area contributed by atoms with Gasteiger partial charge in [0.25, 0.3) is 0 Å². The van der Waals surface area contributed by atoms with Crippen molar-refractivity contribution < 1.29 is 9.13 Å². The average molecular weight is 344 g/mol. The molecule has 0 spiro atoms. The Kier molecular flexibility index (Phi) is 4.30. The number of hydrogen-bond donors (Lipinski definition) is 0. The van der Waals surface area contributed by atoms with Crippen molar-refractivity contribution in [2.45, 2.75) is 37.3 Å². The second-order valence-electron chi connectivity index (χ2n) is 6.81. The monoisotopic (exact) mass is 344 g/mol. The van der Waals surface area contributed by atoms with Gasteiger partial charge in [0, 0.05) is 22.6 Å². The molecule has 1 aromatic carbocycles. The number of hydrogen-bond acceptors (Lipinski definition) is 3. The Bertz CT molecular complexity index is 876. The van der Waals surface area contributed by atoms with Gasteiger partial charge in [0.2, 0.25) is 0 Å². The van der Waals surface area contributed by atoms with Crippen LogP contribution in [0.15, 0.2) is 41.6 Å². The van der Waals surface area contributed by atoms with Gasteiger partial charge < -0.3 is 4.74 Å². The first-order valence-corrected chi connectivity index (χ1v) is 8.60. The van der Waals surface area contributed by atoms with Gasteiger partial charge in [0.05, 0.1) is 23.9 Å². The molecule has 0 aliphatic rings. The Morgan fingerprint density at radius 3 is 2.54 bits per heavy atom. The van der Waals surface area contributed by atoms with E-state index >= 15 is 0 Å². The Morgan fingerprint density at radius 2 is 1.92 bits per heavy atom. The van der Waals surface area contributed by atoms with Gasteiger partial charge in [-0.25, -0.2) is 9.37 Å². The van der Waals surface area contributed by atoms with Gasteiger partial charge in [0.1, 0.15) is 17.2 Å². The van der Waals surface area contributed by atoms with Crippen LogP contribution >= 0.6 is 11.8 Å². The number of nitrogens with zero attached hydrogens (tertiary/aromatic N) is 2. The Morgan fingerprint density at radius 1 is 1.17 bits per heavy atom. The molecule has 2 heterocycles. The van der Waals surface area contributed by atoms with E-state index < -0.39 is 0 Å². The molecule has 5 heteroatoms. The normalized spacial score (nSPS) is 11.9. The summed E-state index contributed by atoms with van der Waals surface area (Å²) in [7, 11) is 1.67. The van der Waals surface area contributed by atoms with Crippen LogP contribution in [0, 0.1) is 12.7 Å². The first-order chi connectivity index (χ1) is 11.3. The predicted molar refractivity (Wildman–Crippen MR) is 97.5 cm³/mol. The molecule has 126 valence electrons. The minimum absolute atomic E-state index is 0.0527. The van der Waals surface area contributed by atoms with Crippen molar-refractivity contribution in [2.75, 3.05) is 7.11 Å². The number of fused-ring (bicyclic) bond motifs is 1. The van der Waals surface area contributed by atoms with Gasteiger partial charge in [-0.1, -0.05) is 20.8 Å². The fraction of sp³-hybridized carbons (Fsp3) is 0.316. The van der Waals surface area contributed by atoms with Crippen LogP contribution in [0.25, 0.3) is 16.9 Å². The number of imidazole rings is 1. The SMILES string of the molecule is COc1cc2ncc(-c3cc(C)cc(F)c3)n2cc1SC(C)(C)C. The summed E-state index contributed by atoms with van der Waals surface area (Å²) < 4.78 is 21.3. The number of aryl methyl sites for hydroxylation is 1. The highest BCUT2D eigenvalue weighted by Crippen LogP contribution is 2.39. The van der Waals surface area contributed by atoms with Crippen molar-refractivity contribution in [3.05, 3.63) is 48.0 Å². The lowest BCUT2D eigenvalue weighted by atomic mass is 10.1. The lowest BCUT2D eigenvalue weighted by Crippen LogP contribution is -2.07. The summed E-state index contributed by atoms with van der Waals surface area (Å²) in [5, 5.41) is 0. The van der Waals surface area contributed by atoms with Gasteiger partial charge in [0.15, 0.2) is 0 Å². The molecule has 0 fully saturated rings. The zero-order valence-corrected chi connectivity index (χ0v) is 15.4. The highest BCUT2D eigenvalue weighted by Gasteiger charge is 2.18. The fourth-order valence-electron chi connectivity index (χ4n) is 2.65. The Balaban J connectivity index is 2.19. The highest BCUT2D eigenvalue weighted by molar-refractivity contribution is 8.00. The molecule has 0 saturated heterocycles. The van der Waals surface area contributed by atoms with Crippen LogP contribution in [0.5, 0.6) is 5.75 Å². The second kappa shape index (κ2) is 6.13. The molecule has 3 rings (SSSR count). The van der Waals surface area contributed by atoms with E-state index in [9.17, 15) is 4.39 Å². The number of benzene rings is 1. The minimum Gasteiger partial charge on any atom is -0.495 e. The third-order valence-electron chi connectivity index (χ3n) is 3.55. The summed E-state index contributed by atoms with van der Waals surface area (Å²) in [6.07, 6.45) is 3.79. The van der Waals surface area contributed by atoms with E-state index in [4.69, 9.17) is 4.74 Å². The number of halogens is 1. The summed E-state index contributed by atoms with van der Waals surface area (Å²) in [5.74, 6) is 0.563. The molecule has 24 heavy (non-hydrogen) atoms. The van der Waals surface area contributed by atoms with Crippen LogP contribution < -0.4 is 4.74 Å². The molecular weight excluding hydrogens is 323 g/mol. The van der Waals surface area contributed by atoms with E-state index in [1.54, 1.807) is 25.1 Å². The maximum atomic E-state index is 13.8. The van der Waals surface area contributed by atoms with Gasteiger partial charge in [-0.2, -0.15) is 0 Å². The number of ether oxygens (including phenoxy) is 1. The summed E-state index contributed by atoms with van der Waals surface area (Å²) in [5.41, 5.74) is 3.35. The smallest absolute Gasteiger partial charge is 0.140 e.